The Balaban J connectivity index is 2.20. The van der Waals surface area contributed by atoms with Gasteiger partial charge in [-0.2, -0.15) is 0 Å². The number of benzene rings is 1. The molecule has 1 N–H and O–H groups in total. The first kappa shape index (κ1) is 14.3. The van der Waals surface area contributed by atoms with E-state index < -0.39 is 16.7 Å². The van der Waals surface area contributed by atoms with Gasteiger partial charge in [-0.25, -0.2) is 0 Å². The van der Waals surface area contributed by atoms with E-state index in [1.807, 2.05) is 13.0 Å². The van der Waals surface area contributed by atoms with Crippen LogP contribution in [0.5, 0.6) is 0 Å². The number of amides is 1. The quantitative estimate of drug-likeness (QED) is 0.679. The van der Waals surface area contributed by atoms with E-state index in [9.17, 15) is 14.9 Å². The minimum Gasteiger partial charge on any atom is -0.395 e. The number of hydrogen-bond donors (Lipinski definition) is 1. The summed E-state index contributed by atoms with van der Waals surface area (Å²) < 4.78 is 5.77. The molecule has 2 rings (SSSR count). The zero-order chi connectivity index (χ0) is 14.7. The van der Waals surface area contributed by atoms with Gasteiger partial charge in [0.1, 0.15) is 4.92 Å². The van der Waals surface area contributed by atoms with Crippen LogP contribution in [0.1, 0.15) is 23.0 Å². The summed E-state index contributed by atoms with van der Waals surface area (Å²) in [4.78, 5) is 21.8. The second-order valence-electron chi connectivity index (χ2n) is 4.00. The highest BCUT2D eigenvalue weighted by molar-refractivity contribution is 9.10. The van der Waals surface area contributed by atoms with E-state index in [-0.39, 0.29) is 5.76 Å². The summed E-state index contributed by atoms with van der Waals surface area (Å²) in [5.41, 5.74) is 1.61. The summed E-state index contributed by atoms with van der Waals surface area (Å²) in [6.07, 6.45) is 0.743. The Morgan fingerprint density at radius 1 is 1.40 bits per heavy atom. The molecule has 1 amide bonds. The molecule has 0 atom stereocenters. The Bertz CT molecular complexity index is 666. The second-order valence-corrected chi connectivity index (χ2v) is 4.92. The van der Waals surface area contributed by atoms with Crippen molar-refractivity contribution in [3.05, 3.63) is 56.2 Å². The van der Waals surface area contributed by atoms with E-state index in [1.165, 1.54) is 6.07 Å². The maximum atomic E-state index is 12.0. The van der Waals surface area contributed by atoms with Gasteiger partial charge in [-0.05, 0) is 36.2 Å². The number of furan rings is 1. The number of halogens is 1. The van der Waals surface area contributed by atoms with Crippen molar-refractivity contribution < 1.29 is 14.1 Å². The first-order valence-corrected chi connectivity index (χ1v) is 6.64. The van der Waals surface area contributed by atoms with E-state index in [4.69, 9.17) is 4.42 Å². The third-order valence-electron chi connectivity index (χ3n) is 2.69. The summed E-state index contributed by atoms with van der Waals surface area (Å²) in [6, 6.07) is 7.90. The highest BCUT2D eigenvalue weighted by atomic mass is 79.9. The van der Waals surface area contributed by atoms with Crippen molar-refractivity contribution in [2.45, 2.75) is 13.3 Å². The fraction of sp³-hybridized carbons (Fsp3) is 0.154. The van der Waals surface area contributed by atoms with Crippen LogP contribution in [0.15, 0.2) is 39.2 Å². The molecule has 7 heteroatoms. The lowest BCUT2D eigenvalue weighted by atomic mass is 10.1. The minimum absolute atomic E-state index is 0.0957. The van der Waals surface area contributed by atoms with Crippen LogP contribution in [0.25, 0.3) is 0 Å². The Morgan fingerprint density at radius 3 is 2.75 bits per heavy atom. The predicted octanol–water partition coefficient (Wildman–Crippen LogP) is 3.77. The van der Waals surface area contributed by atoms with Crippen molar-refractivity contribution in [3.63, 3.8) is 0 Å². The fourth-order valence-electron chi connectivity index (χ4n) is 1.71. The summed E-state index contributed by atoms with van der Waals surface area (Å²) in [7, 11) is 0. The Labute approximate surface area is 123 Å². The van der Waals surface area contributed by atoms with Crippen LogP contribution in [0, 0.1) is 10.1 Å². The van der Waals surface area contributed by atoms with Crippen LogP contribution in [-0.2, 0) is 6.42 Å². The maximum absolute atomic E-state index is 12.0. The summed E-state index contributed by atoms with van der Waals surface area (Å²) in [5, 5.41) is 13.2. The SMILES string of the molecule is CCc1cc(Br)ccc1NC(=O)c1ccc([N+](=O)[O-])o1. The number of nitrogens with zero attached hydrogens (tertiary/aromatic N) is 1. The van der Waals surface area contributed by atoms with Crippen LogP contribution < -0.4 is 5.32 Å². The van der Waals surface area contributed by atoms with Crippen molar-refractivity contribution in [3.8, 4) is 0 Å². The molecule has 0 unspecified atom stereocenters. The van der Waals surface area contributed by atoms with Gasteiger partial charge >= 0.3 is 5.88 Å². The standard InChI is InChI=1S/C13H11BrN2O4/c1-2-8-7-9(14)3-4-10(8)15-13(17)11-5-6-12(20-11)16(18)19/h3-7H,2H2,1H3,(H,15,17). The summed E-state index contributed by atoms with van der Waals surface area (Å²) >= 11 is 3.36. The van der Waals surface area contributed by atoms with Gasteiger partial charge in [0.2, 0.25) is 0 Å². The molecule has 104 valence electrons. The number of carbonyl (C=O) groups excluding carboxylic acids is 1. The van der Waals surface area contributed by atoms with Gasteiger partial charge in [0.15, 0.2) is 5.76 Å². The van der Waals surface area contributed by atoms with Crippen molar-refractivity contribution in [2.24, 2.45) is 0 Å². The van der Waals surface area contributed by atoms with Gasteiger partial charge in [-0.1, -0.05) is 22.9 Å². The molecule has 0 aliphatic heterocycles. The topological polar surface area (TPSA) is 85.4 Å². The van der Waals surface area contributed by atoms with Gasteiger partial charge in [-0.3, -0.25) is 14.9 Å². The van der Waals surface area contributed by atoms with Gasteiger partial charge in [0.05, 0.1) is 6.07 Å². The maximum Gasteiger partial charge on any atom is 0.433 e. The molecule has 0 aliphatic rings. The molecule has 0 aliphatic carbocycles. The van der Waals surface area contributed by atoms with Gasteiger partial charge in [0, 0.05) is 10.2 Å². The third-order valence-corrected chi connectivity index (χ3v) is 3.19. The number of anilines is 1. The van der Waals surface area contributed by atoms with Crippen LogP contribution in [0.4, 0.5) is 11.6 Å². The molecule has 0 spiro atoms. The Morgan fingerprint density at radius 2 is 2.15 bits per heavy atom. The molecule has 0 radical (unpaired) electrons. The third kappa shape index (κ3) is 3.05. The summed E-state index contributed by atoms with van der Waals surface area (Å²) in [6.45, 7) is 1.97. The van der Waals surface area contributed by atoms with Crippen molar-refractivity contribution in [2.75, 3.05) is 5.32 Å². The number of rotatable bonds is 4. The summed E-state index contributed by atoms with van der Waals surface area (Å²) in [5.74, 6) is -1.07. The fourth-order valence-corrected chi connectivity index (χ4v) is 2.12. The molecular weight excluding hydrogens is 328 g/mol. The van der Waals surface area contributed by atoms with Crippen molar-refractivity contribution in [1.82, 2.24) is 0 Å². The van der Waals surface area contributed by atoms with Gasteiger partial charge < -0.3 is 9.73 Å². The first-order chi connectivity index (χ1) is 9.51. The van der Waals surface area contributed by atoms with Crippen LogP contribution in [0.3, 0.4) is 0 Å². The lowest BCUT2D eigenvalue weighted by Gasteiger charge is -2.09. The van der Waals surface area contributed by atoms with E-state index >= 15 is 0 Å². The molecule has 20 heavy (non-hydrogen) atoms. The first-order valence-electron chi connectivity index (χ1n) is 5.85. The van der Waals surface area contributed by atoms with Crippen LogP contribution >= 0.6 is 15.9 Å². The zero-order valence-corrected chi connectivity index (χ0v) is 12.1. The van der Waals surface area contributed by atoms with E-state index in [1.54, 1.807) is 12.1 Å². The second kappa shape index (κ2) is 5.87. The molecule has 0 saturated heterocycles. The number of nitro groups is 1. The smallest absolute Gasteiger partial charge is 0.395 e. The molecule has 1 aromatic carbocycles. The molecule has 2 aromatic rings. The Kier molecular flexibility index (Phi) is 4.19. The lowest BCUT2D eigenvalue weighted by molar-refractivity contribution is -0.402. The lowest BCUT2D eigenvalue weighted by Crippen LogP contribution is -2.12. The monoisotopic (exact) mass is 338 g/mol. The normalized spacial score (nSPS) is 10.3. The highest BCUT2D eigenvalue weighted by Gasteiger charge is 2.18. The van der Waals surface area contributed by atoms with E-state index in [0.29, 0.717) is 5.69 Å². The van der Waals surface area contributed by atoms with E-state index in [2.05, 4.69) is 21.2 Å². The van der Waals surface area contributed by atoms with Crippen molar-refractivity contribution in [1.29, 1.82) is 0 Å². The van der Waals surface area contributed by atoms with E-state index in [0.717, 1.165) is 22.5 Å². The number of hydrogen-bond acceptors (Lipinski definition) is 4. The van der Waals surface area contributed by atoms with Crippen molar-refractivity contribution >= 4 is 33.4 Å². The zero-order valence-electron chi connectivity index (χ0n) is 10.6. The van der Waals surface area contributed by atoms with Crippen LogP contribution in [0.2, 0.25) is 0 Å². The number of nitrogens with one attached hydrogen (secondary N) is 1. The molecular formula is C13H11BrN2O4. The molecule has 0 saturated carbocycles. The highest BCUT2D eigenvalue weighted by Crippen LogP contribution is 2.23. The largest absolute Gasteiger partial charge is 0.433 e. The number of carbonyl (C=O) groups is 1. The molecule has 1 heterocycles. The Hall–Kier alpha value is -2.15. The minimum atomic E-state index is -0.687. The molecule has 0 fully saturated rings. The van der Waals surface area contributed by atoms with Gasteiger partial charge in [-0.15, -0.1) is 0 Å². The molecule has 6 nitrogen and oxygen atoms in total. The number of aryl methyl sites for hydroxylation is 1. The predicted molar refractivity (Wildman–Crippen MR) is 76.8 cm³/mol. The molecule has 1 aromatic heterocycles. The average molecular weight is 339 g/mol. The molecule has 0 bridgehead atoms. The van der Waals surface area contributed by atoms with Crippen LogP contribution in [-0.4, -0.2) is 10.8 Å². The average Bonchev–Trinajstić information content (AvgIpc) is 2.90. The van der Waals surface area contributed by atoms with Gasteiger partial charge in [0.25, 0.3) is 5.91 Å².